The van der Waals surface area contributed by atoms with Crippen LogP contribution in [0.15, 0.2) is 77.2 Å². The van der Waals surface area contributed by atoms with Crippen LogP contribution >= 0.6 is 11.6 Å². The van der Waals surface area contributed by atoms with E-state index in [0.717, 1.165) is 5.39 Å². The maximum Gasteiger partial charge on any atom is 0.246 e. The second-order valence-corrected chi connectivity index (χ2v) is 7.53. The standard InChI is InChI=1S/C25H20ClNO4/c1-15-20-14-18(27-25(29)22(26)16-7-4-3-5-8-16)11-12-21(20)31-24(15)23(28)17-9-6-10-19(13-17)30-2/h3-14,22H,1-2H3,(H,27,29). The van der Waals surface area contributed by atoms with Crippen molar-refractivity contribution in [1.82, 2.24) is 0 Å². The second kappa shape index (κ2) is 8.66. The predicted octanol–water partition coefficient (Wildman–Crippen LogP) is 5.90. The molecule has 4 rings (SSSR count). The van der Waals surface area contributed by atoms with E-state index in [4.69, 9.17) is 20.8 Å². The number of ketones is 1. The van der Waals surface area contributed by atoms with Gasteiger partial charge in [0.15, 0.2) is 5.76 Å². The summed E-state index contributed by atoms with van der Waals surface area (Å²) in [5, 5.41) is 2.76. The molecule has 1 unspecified atom stereocenters. The lowest BCUT2D eigenvalue weighted by Crippen LogP contribution is -2.17. The molecule has 0 aliphatic carbocycles. The minimum atomic E-state index is -0.812. The lowest BCUT2D eigenvalue weighted by atomic mass is 10.0. The lowest BCUT2D eigenvalue weighted by molar-refractivity contribution is -0.116. The molecule has 0 aliphatic heterocycles. The van der Waals surface area contributed by atoms with Crippen LogP contribution in [-0.4, -0.2) is 18.8 Å². The second-order valence-electron chi connectivity index (χ2n) is 7.09. The van der Waals surface area contributed by atoms with Crippen molar-refractivity contribution in [2.45, 2.75) is 12.3 Å². The van der Waals surface area contributed by atoms with E-state index < -0.39 is 5.38 Å². The number of hydrogen-bond acceptors (Lipinski definition) is 4. The molecule has 4 aromatic rings. The molecule has 0 bridgehead atoms. The predicted molar refractivity (Wildman–Crippen MR) is 121 cm³/mol. The zero-order valence-electron chi connectivity index (χ0n) is 17.0. The van der Waals surface area contributed by atoms with Gasteiger partial charge in [-0.3, -0.25) is 9.59 Å². The quantitative estimate of drug-likeness (QED) is 0.303. The summed E-state index contributed by atoms with van der Waals surface area (Å²) in [7, 11) is 1.55. The zero-order valence-corrected chi connectivity index (χ0v) is 17.8. The Morgan fingerprint density at radius 3 is 2.52 bits per heavy atom. The molecule has 6 heteroatoms. The van der Waals surface area contributed by atoms with Crippen LogP contribution in [0, 0.1) is 6.92 Å². The summed E-state index contributed by atoms with van der Waals surface area (Å²) < 4.78 is 11.0. The number of methoxy groups -OCH3 is 1. The fraction of sp³-hybridized carbons (Fsp3) is 0.120. The number of amides is 1. The van der Waals surface area contributed by atoms with Crippen molar-refractivity contribution in [2.75, 3.05) is 12.4 Å². The van der Waals surface area contributed by atoms with Gasteiger partial charge in [0, 0.05) is 22.2 Å². The maximum atomic E-state index is 13.0. The molecule has 5 nitrogen and oxygen atoms in total. The van der Waals surface area contributed by atoms with Crippen molar-refractivity contribution < 1.29 is 18.7 Å². The third-order valence-corrected chi connectivity index (χ3v) is 5.51. The van der Waals surface area contributed by atoms with E-state index in [-0.39, 0.29) is 17.5 Å². The zero-order chi connectivity index (χ0) is 22.0. The molecule has 3 aromatic carbocycles. The molecular formula is C25H20ClNO4. The number of aryl methyl sites for hydroxylation is 1. The Labute approximate surface area is 184 Å². The van der Waals surface area contributed by atoms with Gasteiger partial charge < -0.3 is 14.5 Å². The average Bonchev–Trinajstić information content (AvgIpc) is 3.14. The first-order valence-electron chi connectivity index (χ1n) is 9.69. The molecule has 0 saturated heterocycles. The van der Waals surface area contributed by atoms with Gasteiger partial charge in [0.25, 0.3) is 0 Å². The molecule has 0 fully saturated rings. The molecule has 1 aromatic heterocycles. The molecule has 0 saturated carbocycles. The molecule has 1 heterocycles. The number of ether oxygens (including phenoxy) is 1. The first kappa shape index (κ1) is 20.7. The number of furan rings is 1. The van der Waals surface area contributed by atoms with E-state index >= 15 is 0 Å². The number of carbonyl (C=O) groups is 2. The highest BCUT2D eigenvalue weighted by molar-refractivity contribution is 6.32. The Hall–Kier alpha value is -3.57. The number of nitrogens with one attached hydrogen (secondary N) is 1. The van der Waals surface area contributed by atoms with Crippen LogP contribution < -0.4 is 10.1 Å². The van der Waals surface area contributed by atoms with Gasteiger partial charge in [0.2, 0.25) is 11.7 Å². The minimum absolute atomic E-state index is 0.233. The van der Waals surface area contributed by atoms with E-state index in [1.807, 2.05) is 25.1 Å². The average molecular weight is 434 g/mol. The van der Waals surface area contributed by atoms with E-state index in [1.54, 1.807) is 61.7 Å². The van der Waals surface area contributed by atoms with E-state index in [2.05, 4.69) is 5.32 Å². The summed E-state index contributed by atoms with van der Waals surface area (Å²) in [4.78, 5) is 25.5. The molecule has 1 amide bonds. The molecule has 156 valence electrons. The number of fused-ring (bicyclic) bond motifs is 1. The molecule has 0 aliphatic rings. The van der Waals surface area contributed by atoms with Crippen LogP contribution in [0.4, 0.5) is 5.69 Å². The fourth-order valence-electron chi connectivity index (χ4n) is 3.39. The van der Waals surface area contributed by atoms with Gasteiger partial charge in [0.1, 0.15) is 16.7 Å². The van der Waals surface area contributed by atoms with Crippen LogP contribution in [-0.2, 0) is 4.79 Å². The Morgan fingerprint density at radius 2 is 1.77 bits per heavy atom. The van der Waals surface area contributed by atoms with Gasteiger partial charge in [0.05, 0.1) is 7.11 Å². The Kier molecular flexibility index (Phi) is 5.78. The summed E-state index contributed by atoms with van der Waals surface area (Å²) in [5.41, 5.74) is 3.02. The summed E-state index contributed by atoms with van der Waals surface area (Å²) >= 11 is 6.31. The van der Waals surface area contributed by atoms with Gasteiger partial charge in [-0.05, 0) is 42.8 Å². The smallest absolute Gasteiger partial charge is 0.246 e. The molecule has 1 atom stereocenters. The summed E-state index contributed by atoms with van der Waals surface area (Å²) in [6, 6.07) is 21.3. The molecule has 1 N–H and O–H groups in total. The highest BCUT2D eigenvalue weighted by Crippen LogP contribution is 2.31. The first-order valence-corrected chi connectivity index (χ1v) is 10.1. The van der Waals surface area contributed by atoms with E-state index in [1.165, 1.54) is 0 Å². The Balaban J connectivity index is 1.60. The first-order chi connectivity index (χ1) is 15.0. The van der Waals surface area contributed by atoms with Crippen LogP contribution in [0.2, 0.25) is 0 Å². The van der Waals surface area contributed by atoms with Crippen LogP contribution in [0.25, 0.3) is 11.0 Å². The Bertz CT molecular complexity index is 1260. The summed E-state index contributed by atoms with van der Waals surface area (Å²) in [5.74, 6) is 0.286. The van der Waals surface area contributed by atoms with Crippen molar-refractivity contribution in [3.63, 3.8) is 0 Å². The molecule has 0 spiro atoms. The number of anilines is 1. The summed E-state index contributed by atoms with van der Waals surface area (Å²) in [6.07, 6.45) is 0. The lowest BCUT2D eigenvalue weighted by Gasteiger charge is -2.11. The third kappa shape index (κ3) is 4.18. The third-order valence-electron chi connectivity index (χ3n) is 5.06. The fourth-order valence-corrected chi connectivity index (χ4v) is 3.59. The highest BCUT2D eigenvalue weighted by atomic mass is 35.5. The van der Waals surface area contributed by atoms with Crippen LogP contribution in [0.1, 0.15) is 32.6 Å². The van der Waals surface area contributed by atoms with Crippen LogP contribution in [0.3, 0.4) is 0 Å². The van der Waals surface area contributed by atoms with Crippen molar-refractivity contribution in [3.05, 3.63) is 95.2 Å². The highest BCUT2D eigenvalue weighted by Gasteiger charge is 2.21. The van der Waals surface area contributed by atoms with Crippen molar-refractivity contribution >= 4 is 39.9 Å². The van der Waals surface area contributed by atoms with E-state index in [9.17, 15) is 9.59 Å². The topological polar surface area (TPSA) is 68.5 Å². The van der Waals surface area contributed by atoms with Gasteiger partial charge in [-0.25, -0.2) is 0 Å². The van der Waals surface area contributed by atoms with Gasteiger partial charge >= 0.3 is 0 Å². The number of halogens is 1. The van der Waals surface area contributed by atoms with Gasteiger partial charge in [-0.15, -0.1) is 11.6 Å². The van der Waals surface area contributed by atoms with Crippen molar-refractivity contribution in [3.8, 4) is 5.75 Å². The van der Waals surface area contributed by atoms with Crippen molar-refractivity contribution in [1.29, 1.82) is 0 Å². The van der Waals surface area contributed by atoms with Gasteiger partial charge in [-0.1, -0.05) is 42.5 Å². The number of carbonyl (C=O) groups excluding carboxylic acids is 2. The monoisotopic (exact) mass is 433 g/mol. The number of benzene rings is 3. The molecule has 0 radical (unpaired) electrons. The Morgan fingerprint density at radius 1 is 1.00 bits per heavy atom. The van der Waals surface area contributed by atoms with Crippen molar-refractivity contribution in [2.24, 2.45) is 0 Å². The van der Waals surface area contributed by atoms with Crippen LogP contribution in [0.5, 0.6) is 5.75 Å². The number of rotatable bonds is 6. The molecule has 31 heavy (non-hydrogen) atoms. The number of hydrogen-bond donors (Lipinski definition) is 1. The summed E-state index contributed by atoms with van der Waals surface area (Å²) in [6.45, 7) is 1.82. The minimum Gasteiger partial charge on any atom is -0.497 e. The normalized spacial score (nSPS) is 11.8. The number of alkyl halides is 1. The largest absolute Gasteiger partial charge is 0.497 e. The van der Waals surface area contributed by atoms with E-state index in [0.29, 0.717) is 33.7 Å². The molecular weight excluding hydrogens is 414 g/mol. The maximum absolute atomic E-state index is 13.0. The van der Waals surface area contributed by atoms with Gasteiger partial charge in [-0.2, -0.15) is 0 Å². The SMILES string of the molecule is COc1cccc(C(=O)c2oc3ccc(NC(=O)C(Cl)c4ccccc4)cc3c2C)c1.